The lowest BCUT2D eigenvalue weighted by atomic mass is 9.93. The van der Waals surface area contributed by atoms with E-state index in [1.54, 1.807) is 0 Å². The molecule has 0 bridgehead atoms. The standard InChI is InChI=1S/C14H25N3O3/c1-3-14(12(18)19)7-5-9-17(14)13(20)15-10-11-6-4-8-16(11)2/h11H,3-10H2,1-2H3,(H,15,20)(H,18,19). The monoisotopic (exact) mass is 283 g/mol. The minimum absolute atomic E-state index is 0.230. The molecule has 0 aromatic heterocycles. The molecule has 0 saturated carbocycles. The quantitative estimate of drug-likeness (QED) is 0.811. The van der Waals surface area contributed by atoms with Gasteiger partial charge >= 0.3 is 12.0 Å². The highest BCUT2D eigenvalue weighted by Gasteiger charge is 2.48. The first kappa shape index (κ1) is 15.1. The predicted molar refractivity (Wildman–Crippen MR) is 75.6 cm³/mol. The van der Waals surface area contributed by atoms with Crippen LogP contribution < -0.4 is 5.32 Å². The zero-order chi connectivity index (χ0) is 14.8. The summed E-state index contributed by atoms with van der Waals surface area (Å²) in [6.07, 6.45) is 4.02. The Morgan fingerprint density at radius 2 is 2.10 bits per heavy atom. The zero-order valence-corrected chi connectivity index (χ0v) is 12.4. The summed E-state index contributed by atoms with van der Waals surface area (Å²) in [5.41, 5.74) is -1.01. The molecule has 2 aliphatic heterocycles. The lowest BCUT2D eigenvalue weighted by molar-refractivity contribution is -0.148. The minimum Gasteiger partial charge on any atom is -0.479 e. The topological polar surface area (TPSA) is 72.9 Å². The van der Waals surface area contributed by atoms with Gasteiger partial charge in [0.05, 0.1) is 0 Å². The average Bonchev–Trinajstić information content (AvgIpc) is 3.02. The fourth-order valence-electron chi connectivity index (χ4n) is 3.45. The van der Waals surface area contributed by atoms with Crippen LogP contribution in [0, 0.1) is 0 Å². The number of hydrogen-bond acceptors (Lipinski definition) is 3. The van der Waals surface area contributed by atoms with Crippen molar-refractivity contribution in [3.63, 3.8) is 0 Å². The fourth-order valence-corrected chi connectivity index (χ4v) is 3.45. The van der Waals surface area contributed by atoms with Crippen LogP contribution in [0.4, 0.5) is 4.79 Å². The summed E-state index contributed by atoms with van der Waals surface area (Å²) in [5, 5.41) is 12.4. The van der Waals surface area contributed by atoms with Crippen LogP contribution in [0.25, 0.3) is 0 Å². The SMILES string of the molecule is CCC1(C(=O)O)CCCN1C(=O)NCC1CCCN1C. The van der Waals surface area contributed by atoms with Gasteiger partial charge in [-0.2, -0.15) is 0 Å². The lowest BCUT2D eigenvalue weighted by Crippen LogP contribution is -2.56. The Kier molecular flexibility index (Phi) is 4.52. The average molecular weight is 283 g/mol. The highest BCUT2D eigenvalue weighted by atomic mass is 16.4. The van der Waals surface area contributed by atoms with Crippen molar-refractivity contribution in [3.05, 3.63) is 0 Å². The van der Waals surface area contributed by atoms with Crippen LogP contribution in [-0.2, 0) is 4.79 Å². The van der Waals surface area contributed by atoms with Crippen LogP contribution >= 0.6 is 0 Å². The maximum atomic E-state index is 12.3. The number of aliphatic carboxylic acids is 1. The van der Waals surface area contributed by atoms with Gasteiger partial charge in [-0.1, -0.05) is 6.92 Å². The van der Waals surface area contributed by atoms with E-state index in [2.05, 4.69) is 17.3 Å². The van der Waals surface area contributed by atoms with Gasteiger partial charge in [0.2, 0.25) is 0 Å². The first-order valence-electron chi connectivity index (χ1n) is 7.50. The molecular formula is C14H25N3O3. The number of rotatable bonds is 4. The van der Waals surface area contributed by atoms with Gasteiger partial charge < -0.3 is 20.2 Å². The third-order valence-corrected chi connectivity index (χ3v) is 4.88. The van der Waals surface area contributed by atoms with Gasteiger partial charge in [0, 0.05) is 19.1 Å². The number of carboxylic acids is 1. The third kappa shape index (κ3) is 2.61. The summed E-state index contributed by atoms with van der Waals surface area (Å²) >= 11 is 0. The number of carbonyl (C=O) groups excluding carboxylic acids is 1. The smallest absolute Gasteiger partial charge is 0.329 e. The second-order valence-corrected chi connectivity index (χ2v) is 5.91. The third-order valence-electron chi connectivity index (χ3n) is 4.88. The van der Waals surface area contributed by atoms with Crippen LogP contribution in [0.1, 0.15) is 39.0 Å². The van der Waals surface area contributed by atoms with E-state index in [0.717, 1.165) is 25.8 Å². The minimum atomic E-state index is -1.01. The summed E-state index contributed by atoms with van der Waals surface area (Å²) in [4.78, 5) is 27.6. The van der Waals surface area contributed by atoms with Crippen LogP contribution in [0.3, 0.4) is 0 Å². The van der Waals surface area contributed by atoms with E-state index in [1.807, 2.05) is 6.92 Å². The number of amides is 2. The van der Waals surface area contributed by atoms with Crippen LogP contribution in [0.2, 0.25) is 0 Å². The number of likely N-dealkylation sites (tertiary alicyclic amines) is 2. The molecule has 0 aromatic carbocycles. The molecule has 20 heavy (non-hydrogen) atoms. The molecule has 6 heteroatoms. The molecule has 2 N–H and O–H groups in total. The van der Waals surface area contributed by atoms with Crippen molar-refractivity contribution in [2.75, 3.05) is 26.7 Å². The summed E-state index contributed by atoms with van der Waals surface area (Å²) in [6.45, 7) is 4.04. The maximum Gasteiger partial charge on any atom is 0.329 e. The van der Waals surface area contributed by atoms with E-state index >= 15 is 0 Å². The van der Waals surface area contributed by atoms with E-state index in [1.165, 1.54) is 4.90 Å². The molecule has 2 saturated heterocycles. The van der Waals surface area contributed by atoms with E-state index < -0.39 is 11.5 Å². The van der Waals surface area contributed by atoms with Gasteiger partial charge in [0.1, 0.15) is 5.54 Å². The van der Waals surface area contributed by atoms with Crippen molar-refractivity contribution in [3.8, 4) is 0 Å². The second kappa shape index (κ2) is 5.99. The van der Waals surface area contributed by atoms with Gasteiger partial charge in [0.25, 0.3) is 0 Å². The zero-order valence-electron chi connectivity index (χ0n) is 12.4. The maximum absolute atomic E-state index is 12.3. The number of nitrogens with one attached hydrogen (secondary N) is 1. The van der Waals surface area contributed by atoms with Crippen LogP contribution in [0.15, 0.2) is 0 Å². The van der Waals surface area contributed by atoms with Gasteiger partial charge in [-0.15, -0.1) is 0 Å². The number of carbonyl (C=O) groups is 2. The van der Waals surface area contributed by atoms with Crippen molar-refractivity contribution in [1.29, 1.82) is 0 Å². The van der Waals surface area contributed by atoms with E-state index in [4.69, 9.17) is 0 Å². The highest BCUT2D eigenvalue weighted by Crippen LogP contribution is 2.32. The van der Waals surface area contributed by atoms with Crippen molar-refractivity contribution >= 4 is 12.0 Å². The number of nitrogens with zero attached hydrogens (tertiary/aromatic N) is 2. The molecule has 2 atom stereocenters. The molecule has 2 aliphatic rings. The summed E-state index contributed by atoms with van der Waals surface area (Å²) < 4.78 is 0. The Morgan fingerprint density at radius 3 is 2.65 bits per heavy atom. The lowest BCUT2D eigenvalue weighted by Gasteiger charge is -2.34. The Morgan fingerprint density at radius 1 is 1.35 bits per heavy atom. The first-order valence-corrected chi connectivity index (χ1v) is 7.50. The molecule has 2 fully saturated rings. The molecule has 6 nitrogen and oxygen atoms in total. The van der Waals surface area contributed by atoms with Crippen molar-refractivity contribution in [1.82, 2.24) is 15.1 Å². The molecule has 0 aliphatic carbocycles. The summed E-state index contributed by atoms with van der Waals surface area (Å²) in [7, 11) is 2.06. The first-order chi connectivity index (χ1) is 9.51. The molecule has 0 radical (unpaired) electrons. The fraction of sp³-hybridized carbons (Fsp3) is 0.857. The molecule has 2 rings (SSSR count). The molecule has 2 amide bonds. The van der Waals surface area contributed by atoms with Gasteiger partial charge in [-0.25, -0.2) is 9.59 Å². The van der Waals surface area contributed by atoms with Gasteiger partial charge in [0.15, 0.2) is 0 Å². The number of hydrogen-bond donors (Lipinski definition) is 2. The Labute approximate surface area is 120 Å². The molecule has 2 heterocycles. The Balaban J connectivity index is 1.95. The van der Waals surface area contributed by atoms with E-state index in [9.17, 15) is 14.7 Å². The summed E-state index contributed by atoms with van der Waals surface area (Å²) in [6, 6.07) is 0.148. The van der Waals surface area contributed by atoms with E-state index in [-0.39, 0.29) is 6.03 Å². The summed E-state index contributed by atoms with van der Waals surface area (Å²) in [5.74, 6) is -0.884. The van der Waals surface area contributed by atoms with Crippen molar-refractivity contribution in [2.45, 2.75) is 50.6 Å². The molecule has 0 spiro atoms. The number of carboxylic acid groups (broad SMARTS) is 1. The van der Waals surface area contributed by atoms with Crippen LogP contribution in [0.5, 0.6) is 0 Å². The molecule has 0 aromatic rings. The van der Waals surface area contributed by atoms with E-state index in [0.29, 0.717) is 32.0 Å². The van der Waals surface area contributed by atoms with Crippen molar-refractivity contribution < 1.29 is 14.7 Å². The second-order valence-electron chi connectivity index (χ2n) is 5.91. The van der Waals surface area contributed by atoms with Gasteiger partial charge in [-0.05, 0) is 45.7 Å². The number of urea groups is 1. The molecule has 2 unspecified atom stereocenters. The van der Waals surface area contributed by atoms with Crippen molar-refractivity contribution in [2.24, 2.45) is 0 Å². The molecule has 114 valence electrons. The van der Waals surface area contributed by atoms with Gasteiger partial charge in [-0.3, -0.25) is 0 Å². The Hall–Kier alpha value is -1.30. The normalized spacial score (nSPS) is 30.7. The van der Waals surface area contributed by atoms with Crippen LogP contribution in [-0.4, -0.2) is 65.2 Å². The Bertz CT molecular complexity index is 388. The predicted octanol–water partition coefficient (Wildman–Crippen LogP) is 1.12. The largest absolute Gasteiger partial charge is 0.479 e. The number of likely N-dealkylation sites (N-methyl/N-ethyl adjacent to an activating group) is 1. The highest BCUT2D eigenvalue weighted by molar-refractivity contribution is 5.87. The molecular weight excluding hydrogens is 258 g/mol.